The molecule has 0 saturated carbocycles. The lowest BCUT2D eigenvalue weighted by Gasteiger charge is -2.10. The third kappa shape index (κ3) is 3.07. The Hall–Kier alpha value is -2.11. The van der Waals surface area contributed by atoms with Crippen molar-refractivity contribution in [2.75, 3.05) is 11.9 Å². The third-order valence-electron chi connectivity index (χ3n) is 2.84. The van der Waals surface area contributed by atoms with Gasteiger partial charge in [0.2, 0.25) is 0 Å². The molecule has 2 aromatic heterocycles. The molecule has 0 unspecified atom stereocenters. The van der Waals surface area contributed by atoms with Crippen LogP contribution in [0.5, 0.6) is 0 Å². The SMILES string of the molecule is CC(C)COC(=O)Nc1ncnn2c(C(C)C)ccc12. The quantitative estimate of drug-likeness (QED) is 0.931. The van der Waals surface area contributed by atoms with Crippen LogP contribution in [0.1, 0.15) is 39.3 Å². The van der Waals surface area contributed by atoms with E-state index in [1.165, 1.54) is 6.33 Å². The van der Waals surface area contributed by atoms with Gasteiger partial charge < -0.3 is 4.74 Å². The van der Waals surface area contributed by atoms with Crippen LogP contribution in [0.25, 0.3) is 5.52 Å². The number of aromatic nitrogens is 3. The number of hydrogen-bond acceptors (Lipinski definition) is 4. The predicted molar refractivity (Wildman–Crippen MR) is 76.9 cm³/mol. The number of ether oxygens (including phenoxy) is 1. The number of nitrogens with one attached hydrogen (secondary N) is 1. The molecule has 0 aliphatic heterocycles. The zero-order valence-electron chi connectivity index (χ0n) is 12.3. The average Bonchev–Trinajstić information content (AvgIpc) is 2.81. The maximum absolute atomic E-state index is 11.7. The van der Waals surface area contributed by atoms with E-state index in [-0.39, 0.29) is 0 Å². The summed E-state index contributed by atoms with van der Waals surface area (Å²) in [6, 6.07) is 3.88. The number of rotatable bonds is 4. The Morgan fingerprint density at radius 3 is 2.75 bits per heavy atom. The molecule has 0 radical (unpaired) electrons. The first-order valence-electron chi connectivity index (χ1n) is 6.75. The maximum Gasteiger partial charge on any atom is 0.412 e. The highest BCUT2D eigenvalue weighted by atomic mass is 16.5. The Morgan fingerprint density at radius 1 is 1.35 bits per heavy atom. The molecule has 2 heterocycles. The van der Waals surface area contributed by atoms with E-state index in [4.69, 9.17) is 4.74 Å². The van der Waals surface area contributed by atoms with Crippen LogP contribution in [-0.4, -0.2) is 27.3 Å². The molecule has 0 spiro atoms. The number of carbonyl (C=O) groups is 1. The van der Waals surface area contributed by atoms with Crippen molar-refractivity contribution in [3.63, 3.8) is 0 Å². The molecule has 6 nitrogen and oxygen atoms in total. The van der Waals surface area contributed by atoms with Crippen LogP contribution in [0.3, 0.4) is 0 Å². The van der Waals surface area contributed by atoms with E-state index >= 15 is 0 Å². The highest BCUT2D eigenvalue weighted by molar-refractivity contribution is 5.88. The zero-order chi connectivity index (χ0) is 14.7. The van der Waals surface area contributed by atoms with Crippen molar-refractivity contribution < 1.29 is 9.53 Å². The van der Waals surface area contributed by atoms with Gasteiger partial charge in [-0.15, -0.1) is 0 Å². The second-order valence-corrected chi connectivity index (χ2v) is 5.44. The molecule has 1 N–H and O–H groups in total. The Bertz CT molecular complexity index is 604. The molecule has 1 amide bonds. The minimum atomic E-state index is -0.494. The van der Waals surface area contributed by atoms with Crippen molar-refractivity contribution in [1.29, 1.82) is 0 Å². The molecule has 6 heteroatoms. The second-order valence-electron chi connectivity index (χ2n) is 5.44. The minimum Gasteiger partial charge on any atom is -0.449 e. The zero-order valence-corrected chi connectivity index (χ0v) is 12.3. The van der Waals surface area contributed by atoms with Gasteiger partial charge in [0.25, 0.3) is 0 Å². The van der Waals surface area contributed by atoms with Crippen molar-refractivity contribution in [1.82, 2.24) is 14.6 Å². The van der Waals surface area contributed by atoms with E-state index < -0.39 is 6.09 Å². The summed E-state index contributed by atoms with van der Waals surface area (Å²) in [5.41, 5.74) is 1.83. The van der Waals surface area contributed by atoms with Gasteiger partial charge in [-0.2, -0.15) is 5.10 Å². The van der Waals surface area contributed by atoms with Crippen LogP contribution in [0.2, 0.25) is 0 Å². The van der Waals surface area contributed by atoms with Crippen molar-refractivity contribution in [3.05, 3.63) is 24.2 Å². The highest BCUT2D eigenvalue weighted by Gasteiger charge is 2.13. The molecule has 0 aliphatic rings. The van der Waals surface area contributed by atoms with Crippen LogP contribution in [0, 0.1) is 5.92 Å². The molecular formula is C14H20N4O2. The number of hydrogen-bond donors (Lipinski definition) is 1. The fourth-order valence-corrected chi connectivity index (χ4v) is 1.86. The van der Waals surface area contributed by atoms with Crippen LogP contribution < -0.4 is 5.32 Å². The summed E-state index contributed by atoms with van der Waals surface area (Å²) in [7, 11) is 0. The Labute approximate surface area is 118 Å². The molecule has 0 aromatic carbocycles. The van der Waals surface area contributed by atoms with E-state index in [1.807, 2.05) is 26.0 Å². The molecule has 0 fully saturated rings. The summed E-state index contributed by atoms with van der Waals surface area (Å²) >= 11 is 0. The number of amides is 1. The lowest BCUT2D eigenvalue weighted by Crippen LogP contribution is -2.18. The number of anilines is 1. The van der Waals surface area contributed by atoms with Gasteiger partial charge in [-0.05, 0) is 24.0 Å². The van der Waals surface area contributed by atoms with Crippen LogP contribution >= 0.6 is 0 Å². The molecule has 2 aromatic rings. The van der Waals surface area contributed by atoms with Crippen molar-refractivity contribution in [2.24, 2.45) is 5.92 Å². The summed E-state index contributed by atoms with van der Waals surface area (Å²) in [5, 5.41) is 6.88. The smallest absolute Gasteiger partial charge is 0.412 e. The lowest BCUT2D eigenvalue weighted by atomic mass is 10.1. The van der Waals surface area contributed by atoms with Crippen LogP contribution in [-0.2, 0) is 4.74 Å². The number of nitrogens with zero attached hydrogens (tertiary/aromatic N) is 3. The van der Waals surface area contributed by atoms with E-state index in [9.17, 15) is 4.79 Å². The van der Waals surface area contributed by atoms with Crippen molar-refractivity contribution >= 4 is 17.4 Å². The second kappa shape index (κ2) is 5.90. The van der Waals surface area contributed by atoms with Crippen LogP contribution in [0.15, 0.2) is 18.5 Å². The Kier molecular flexibility index (Phi) is 4.22. The van der Waals surface area contributed by atoms with Crippen molar-refractivity contribution in [3.8, 4) is 0 Å². The van der Waals surface area contributed by atoms with Gasteiger partial charge in [0.05, 0.1) is 6.61 Å². The molecule has 0 bridgehead atoms. The molecule has 20 heavy (non-hydrogen) atoms. The van der Waals surface area contributed by atoms with Gasteiger partial charge in [0.1, 0.15) is 11.8 Å². The normalized spacial score (nSPS) is 11.3. The largest absolute Gasteiger partial charge is 0.449 e. The van der Waals surface area contributed by atoms with E-state index in [0.29, 0.717) is 24.3 Å². The number of carbonyl (C=O) groups excluding carboxylic acids is 1. The first-order valence-corrected chi connectivity index (χ1v) is 6.75. The van der Waals surface area contributed by atoms with Gasteiger partial charge in [-0.1, -0.05) is 27.7 Å². The maximum atomic E-state index is 11.7. The molecule has 108 valence electrons. The summed E-state index contributed by atoms with van der Waals surface area (Å²) in [6.07, 6.45) is 0.934. The summed E-state index contributed by atoms with van der Waals surface area (Å²) in [6.45, 7) is 8.53. The van der Waals surface area contributed by atoms with Gasteiger partial charge in [-0.25, -0.2) is 14.3 Å². The minimum absolute atomic E-state index is 0.298. The van der Waals surface area contributed by atoms with E-state index in [1.54, 1.807) is 4.52 Å². The summed E-state index contributed by atoms with van der Waals surface area (Å²) in [5.74, 6) is 1.10. The molecule has 0 atom stereocenters. The van der Waals surface area contributed by atoms with Gasteiger partial charge in [0.15, 0.2) is 5.82 Å². The number of fused-ring (bicyclic) bond motifs is 1. The lowest BCUT2D eigenvalue weighted by molar-refractivity contribution is 0.147. The first-order chi connectivity index (χ1) is 9.49. The Balaban J connectivity index is 2.20. The average molecular weight is 276 g/mol. The molecule has 0 aliphatic carbocycles. The predicted octanol–water partition coefficient (Wildman–Crippen LogP) is 3.06. The highest BCUT2D eigenvalue weighted by Crippen LogP contribution is 2.21. The molecule has 2 rings (SSSR count). The topological polar surface area (TPSA) is 68.5 Å². The fourth-order valence-electron chi connectivity index (χ4n) is 1.86. The fraction of sp³-hybridized carbons (Fsp3) is 0.500. The van der Waals surface area contributed by atoms with Gasteiger partial charge >= 0.3 is 6.09 Å². The molecule has 0 saturated heterocycles. The molecular weight excluding hydrogens is 256 g/mol. The monoisotopic (exact) mass is 276 g/mol. The van der Waals surface area contributed by atoms with E-state index in [2.05, 4.69) is 29.2 Å². The Morgan fingerprint density at radius 2 is 2.10 bits per heavy atom. The van der Waals surface area contributed by atoms with Gasteiger partial charge in [-0.3, -0.25) is 5.32 Å². The standard InChI is InChI=1S/C14H20N4O2/c1-9(2)7-20-14(19)17-13-12-6-5-11(10(3)4)18(12)16-8-15-13/h5-6,8-10H,7H2,1-4H3,(H,15,16,17,19). The van der Waals surface area contributed by atoms with Crippen molar-refractivity contribution in [2.45, 2.75) is 33.6 Å². The van der Waals surface area contributed by atoms with E-state index in [0.717, 1.165) is 11.2 Å². The summed E-state index contributed by atoms with van der Waals surface area (Å²) < 4.78 is 6.88. The van der Waals surface area contributed by atoms with Gasteiger partial charge in [0, 0.05) is 5.69 Å². The van der Waals surface area contributed by atoms with Crippen LogP contribution in [0.4, 0.5) is 10.6 Å². The third-order valence-corrected chi connectivity index (χ3v) is 2.84. The first kappa shape index (κ1) is 14.3. The summed E-state index contributed by atoms with van der Waals surface area (Å²) in [4.78, 5) is 15.8.